The summed E-state index contributed by atoms with van der Waals surface area (Å²) in [5, 5.41) is 25.1. The molecule has 0 unspecified atom stereocenters. The molecule has 17 heavy (non-hydrogen) atoms. The van der Waals surface area contributed by atoms with Crippen LogP contribution in [0.4, 0.5) is 0 Å². The number of aromatic nitrogens is 8. The maximum absolute atomic E-state index is 4.01. The SMILES string of the molecule is Cn1nnnc1-c1nnnn1N1CCCCC1. The molecule has 3 rings (SSSR count). The summed E-state index contributed by atoms with van der Waals surface area (Å²) in [5.41, 5.74) is 0. The van der Waals surface area contributed by atoms with E-state index in [1.165, 1.54) is 6.42 Å². The molecular formula is C8H13N9. The zero-order valence-electron chi connectivity index (χ0n) is 9.56. The van der Waals surface area contributed by atoms with Crippen LogP contribution in [0, 0.1) is 0 Å². The van der Waals surface area contributed by atoms with Crippen LogP contribution in [0.5, 0.6) is 0 Å². The highest BCUT2D eigenvalue weighted by molar-refractivity contribution is 5.41. The molecule has 0 saturated carbocycles. The Kier molecular flexibility index (Phi) is 2.42. The number of hydrogen-bond acceptors (Lipinski definition) is 7. The first kappa shape index (κ1) is 10.1. The van der Waals surface area contributed by atoms with Crippen molar-refractivity contribution in [3.8, 4) is 11.6 Å². The van der Waals surface area contributed by atoms with Crippen molar-refractivity contribution >= 4 is 0 Å². The normalized spacial score (nSPS) is 16.4. The molecule has 3 heterocycles. The van der Waals surface area contributed by atoms with Crippen LogP contribution in [-0.4, -0.2) is 53.6 Å². The van der Waals surface area contributed by atoms with Crippen molar-refractivity contribution < 1.29 is 0 Å². The van der Waals surface area contributed by atoms with Gasteiger partial charge in [-0.2, -0.15) is 0 Å². The lowest BCUT2D eigenvalue weighted by atomic mass is 10.2. The summed E-state index contributed by atoms with van der Waals surface area (Å²) in [6.45, 7) is 1.92. The monoisotopic (exact) mass is 235 g/mol. The highest BCUT2D eigenvalue weighted by atomic mass is 15.8. The van der Waals surface area contributed by atoms with Crippen molar-refractivity contribution in [1.29, 1.82) is 0 Å². The van der Waals surface area contributed by atoms with Gasteiger partial charge in [-0.3, -0.25) is 5.01 Å². The van der Waals surface area contributed by atoms with Crippen LogP contribution >= 0.6 is 0 Å². The van der Waals surface area contributed by atoms with Gasteiger partial charge in [-0.25, -0.2) is 4.68 Å². The van der Waals surface area contributed by atoms with Crippen molar-refractivity contribution in [3.05, 3.63) is 0 Å². The van der Waals surface area contributed by atoms with Gasteiger partial charge in [-0.05, 0) is 40.1 Å². The van der Waals surface area contributed by atoms with E-state index in [-0.39, 0.29) is 0 Å². The molecule has 1 saturated heterocycles. The summed E-state index contributed by atoms with van der Waals surface area (Å²) < 4.78 is 1.56. The Balaban J connectivity index is 1.96. The minimum Gasteiger partial charge on any atom is -0.293 e. The quantitative estimate of drug-likeness (QED) is 0.658. The Morgan fingerprint density at radius 1 is 0.882 bits per heavy atom. The molecule has 0 atom stereocenters. The lowest BCUT2D eigenvalue weighted by Crippen LogP contribution is -2.40. The fourth-order valence-corrected chi connectivity index (χ4v) is 1.99. The molecule has 0 amide bonds. The zero-order chi connectivity index (χ0) is 11.7. The number of hydrogen-bond donors (Lipinski definition) is 0. The lowest BCUT2D eigenvalue weighted by molar-refractivity contribution is 0.442. The average Bonchev–Trinajstić information content (AvgIpc) is 2.98. The largest absolute Gasteiger partial charge is 0.293 e. The second-order valence-electron chi connectivity index (χ2n) is 4.03. The smallest absolute Gasteiger partial charge is 0.243 e. The first-order valence-electron chi connectivity index (χ1n) is 5.62. The van der Waals surface area contributed by atoms with Crippen LogP contribution in [-0.2, 0) is 7.05 Å². The molecule has 2 aromatic rings. The molecule has 1 fully saturated rings. The number of aryl methyl sites for hydroxylation is 1. The number of nitrogens with zero attached hydrogens (tertiary/aromatic N) is 9. The molecule has 1 aliphatic rings. The molecule has 2 aromatic heterocycles. The van der Waals surface area contributed by atoms with E-state index in [2.05, 4.69) is 36.1 Å². The van der Waals surface area contributed by atoms with Crippen molar-refractivity contribution in [2.24, 2.45) is 7.05 Å². The van der Waals surface area contributed by atoms with Crippen LogP contribution in [0.2, 0.25) is 0 Å². The highest BCUT2D eigenvalue weighted by Crippen LogP contribution is 2.13. The van der Waals surface area contributed by atoms with Crippen LogP contribution in [0.25, 0.3) is 11.6 Å². The standard InChI is InChI=1S/C8H13N9/c1-15-7(9-11-13-15)8-10-12-14-17(8)16-5-3-2-4-6-16/h2-6H2,1H3. The summed E-state index contributed by atoms with van der Waals surface area (Å²) in [7, 11) is 1.77. The van der Waals surface area contributed by atoms with Gasteiger partial charge in [-0.1, -0.05) is 0 Å². The molecule has 0 spiro atoms. The van der Waals surface area contributed by atoms with Crippen molar-refractivity contribution in [2.45, 2.75) is 19.3 Å². The second-order valence-corrected chi connectivity index (χ2v) is 4.03. The van der Waals surface area contributed by atoms with Gasteiger partial charge in [0.05, 0.1) is 0 Å². The van der Waals surface area contributed by atoms with E-state index in [0.29, 0.717) is 11.6 Å². The third-order valence-corrected chi connectivity index (χ3v) is 2.87. The topological polar surface area (TPSA) is 90.4 Å². The van der Waals surface area contributed by atoms with Crippen molar-refractivity contribution in [3.63, 3.8) is 0 Å². The minimum absolute atomic E-state index is 0.570. The maximum atomic E-state index is 4.01. The van der Waals surface area contributed by atoms with E-state index in [1.54, 1.807) is 16.5 Å². The second kappa shape index (κ2) is 4.07. The minimum atomic E-state index is 0.570. The van der Waals surface area contributed by atoms with E-state index in [0.717, 1.165) is 25.9 Å². The molecule has 9 heteroatoms. The maximum Gasteiger partial charge on any atom is 0.243 e. The summed E-state index contributed by atoms with van der Waals surface area (Å²) in [6.07, 6.45) is 3.59. The van der Waals surface area contributed by atoms with Gasteiger partial charge in [0.25, 0.3) is 0 Å². The zero-order valence-corrected chi connectivity index (χ0v) is 9.56. The van der Waals surface area contributed by atoms with Crippen LogP contribution in [0.1, 0.15) is 19.3 Å². The fraction of sp³-hybridized carbons (Fsp3) is 0.750. The van der Waals surface area contributed by atoms with Gasteiger partial charge in [0, 0.05) is 20.1 Å². The summed E-state index contributed by atoms with van der Waals surface area (Å²) in [5.74, 6) is 1.15. The molecular weight excluding hydrogens is 222 g/mol. The number of rotatable bonds is 2. The van der Waals surface area contributed by atoms with Gasteiger partial charge in [0.15, 0.2) is 0 Å². The van der Waals surface area contributed by atoms with Gasteiger partial charge in [-0.15, -0.1) is 15.0 Å². The molecule has 0 bridgehead atoms. The highest BCUT2D eigenvalue weighted by Gasteiger charge is 2.20. The van der Waals surface area contributed by atoms with Gasteiger partial charge in [0.2, 0.25) is 11.6 Å². The Morgan fingerprint density at radius 3 is 2.29 bits per heavy atom. The summed E-state index contributed by atoms with van der Waals surface area (Å²) in [4.78, 5) is 1.70. The molecule has 0 N–H and O–H groups in total. The fourth-order valence-electron chi connectivity index (χ4n) is 1.99. The van der Waals surface area contributed by atoms with Gasteiger partial charge >= 0.3 is 0 Å². The molecule has 90 valence electrons. The Hall–Kier alpha value is -2.06. The first-order chi connectivity index (χ1) is 8.36. The Morgan fingerprint density at radius 2 is 1.59 bits per heavy atom. The first-order valence-corrected chi connectivity index (χ1v) is 5.62. The van der Waals surface area contributed by atoms with Crippen LogP contribution in [0.3, 0.4) is 0 Å². The summed E-state index contributed by atoms with van der Waals surface area (Å²) in [6, 6.07) is 0. The van der Waals surface area contributed by atoms with Crippen LogP contribution < -0.4 is 5.01 Å². The van der Waals surface area contributed by atoms with Crippen molar-refractivity contribution in [2.75, 3.05) is 18.1 Å². The third kappa shape index (κ3) is 1.73. The van der Waals surface area contributed by atoms with E-state index in [4.69, 9.17) is 0 Å². The lowest BCUT2D eigenvalue weighted by Gasteiger charge is -2.27. The Bertz CT molecular complexity index is 495. The summed E-state index contributed by atoms with van der Waals surface area (Å²) >= 11 is 0. The average molecular weight is 235 g/mol. The molecule has 0 aliphatic carbocycles. The number of tetrazole rings is 2. The van der Waals surface area contributed by atoms with E-state index >= 15 is 0 Å². The molecule has 9 nitrogen and oxygen atoms in total. The number of piperidine rings is 1. The van der Waals surface area contributed by atoms with E-state index in [9.17, 15) is 0 Å². The molecule has 1 aliphatic heterocycles. The Labute approximate surface area is 97.4 Å². The molecule has 0 aromatic carbocycles. The van der Waals surface area contributed by atoms with E-state index in [1.807, 2.05) is 0 Å². The van der Waals surface area contributed by atoms with E-state index < -0.39 is 0 Å². The van der Waals surface area contributed by atoms with Gasteiger partial charge < -0.3 is 0 Å². The predicted octanol–water partition coefficient (Wildman–Crippen LogP) is -1.01. The van der Waals surface area contributed by atoms with Crippen LogP contribution in [0.15, 0.2) is 0 Å². The predicted molar refractivity (Wildman–Crippen MR) is 57.4 cm³/mol. The van der Waals surface area contributed by atoms with Crippen molar-refractivity contribution in [1.82, 2.24) is 40.5 Å². The third-order valence-electron chi connectivity index (χ3n) is 2.87. The molecule has 0 radical (unpaired) electrons. The van der Waals surface area contributed by atoms with Gasteiger partial charge in [0.1, 0.15) is 0 Å².